The van der Waals surface area contributed by atoms with E-state index in [1.165, 1.54) is 11.3 Å². The van der Waals surface area contributed by atoms with Crippen molar-refractivity contribution in [3.63, 3.8) is 0 Å². The first kappa shape index (κ1) is 7.29. The van der Waals surface area contributed by atoms with E-state index in [-0.39, 0.29) is 0 Å². The van der Waals surface area contributed by atoms with Crippen LogP contribution in [0.1, 0.15) is 12.0 Å². The third kappa shape index (κ3) is 1.45. The largest absolute Gasteiger partial charge is 0.257 e. The minimum Gasteiger partial charge on any atom is -0.0714 e. The Bertz CT molecular complexity index is 309. The van der Waals surface area contributed by atoms with Crippen LogP contribution in [0.3, 0.4) is 0 Å². The van der Waals surface area contributed by atoms with E-state index in [1.54, 1.807) is 0 Å². The molecule has 0 saturated heterocycles. The van der Waals surface area contributed by atoms with Gasteiger partial charge in [0.2, 0.25) is 6.54 Å². The lowest BCUT2D eigenvalue weighted by Crippen LogP contribution is -2.12. The lowest BCUT2D eigenvalue weighted by atomic mass is 10.1. The predicted molar refractivity (Wildman–Crippen MR) is 51.3 cm³/mol. The Morgan fingerprint density at radius 3 is 2.50 bits per heavy atom. The molecule has 2 rings (SSSR count). The topological polar surface area (TPSA) is 14.1 Å². The van der Waals surface area contributed by atoms with Crippen LogP contribution in [0.15, 0.2) is 42.5 Å². The molecular weight excluding hydrogens is 146 g/mol. The summed E-state index contributed by atoms with van der Waals surface area (Å²) in [5.74, 6) is 0. The molecule has 0 unspecified atom stereocenters. The lowest BCUT2D eigenvalue weighted by Gasteiger charge is -1.95. The minimum atomic E-state index is 0.838. The van der Waals surface area contributed by atoms with Gasteiger partial charge in [-0.3, -0.25) is 0 Å². The highest BCUT2D eigenvalue weighted by Gasteiger charge is 2.13. The highest BCUT2D eigenvalue weighted by atomic mass is 14.7. The van der Waals surface area contributed by atoms with E-state index in [9.17, 15) is 0 Å². The van der Waals surface area contributed by atoms with Gasteiger partial charge in [0, 0.05) is 10.6 Å². The SMILES string of the molecule is C1=CCC(c2ccccc2)=[N+]C1. The van der Waals surface area contributed by atoms with Crippen LogP contribution >= 0.6 is 0 Å². The van der Waals surface area contributed by atoms with E-state index in [1.807, 2.05) is 6.07 Å². The van der Waals surface area contributed by atoms with E-state index in [4.69, 9.17) is 0 Å². The van der Waals surface area contributed by atoms with E-state index in [0.717, 1.165) is 13.0 Å². The van der Waals surface area contributed by atoms with Crippen molar-refractivity contribution in [2.45, 2.75) is 6.42 Å². The summed E-state index contributed by atoms with van der Waals surface area (Å²) < 4.78 is 0. The van der Waals surface area contributed by atoms with Crippen molar-refractivity contribution in [3.8, 4) is 0 Å². The Morgan fingerprint density at radius 1 is 1.00 bits per heavy atom. The zero-order chi connectivity index (χ0) is 8.23. The van der Waals surface area contributed by atoms with Gasteiger partial charge in [-0.05, 0) is 18.2 Å². The van der Waals surface area contributed by atoms with Crippen LogP contribution in [0.25, 0.3) is 0 Å². The first-order chi connectivity index (χ1) is 5.97. The van der Waals surface area contributed by atoms with Crippen molar-refractivity contribution in [1.82, 2.24) is 4.99 Å². The van der Waals surface area contributed by atoms with Crippen LogP contribution in [-0.4, -0.2) is 12.3 Å². The van der Waals surface area contributed by atoms with Gasteiger partial charge in [0.25, 0.3) is 5.71 Å². The summed E-state index contributed by atoms with van der Waals surface area (Å²) in [5, 5.41) is 0. The summed E-state index contributed by atoms with van der Waals surface area (Å²) in [6.45, 7) is 0.838. The number of nitrogens with zero attached hydrogens (tertiary/aromatic N) is 1. The third-order valence-electron chi connectivity index (χ3n) is 1.97. The monoisotopic (exact) mass is 157 g/mol. The van der Waals surface area contributed by atoms with E-state index in [0.29, 0.717) is 0 Å². The van der Waals surface area contributed by atoms with Gasteiger partial charge < -0.3 is 0 Å². The van der Waals surface area contributed by atoms with Crippen LogP contribution in [0.2, 0.25) is 0 Å². The van der Waals surface area contributed by atoms with Crippen molar-refractivity contribution >= 4 is 5.71 Å². The molecule has 1 heteroatoms. The molecule has 0 aromatic heterocycles. The van der Waals surface area contributed by atoms with Crippen molar-refractivity contribution < 1.29 is 0 Å². The molecule has 0 atom stereocenters. The quantitative estimate of drug-likeness (QED) is 0.552. The summed E-state index contributed by atoms with van der Waals surface area (Å²) in [4.78, 5) is 4.43. The second kappa shape index (κ2) is 3.35. The molecule has 1 heterocycles. The first-order valence-electron chi connectivity index (χ1n) is 4.20. The van der Waals surface area contributed by atoms with Crippen molar-refractivity contribution in [3.05, 3.63) is 48.0 Å². The second-order valence-electron chi connectivity index (χ2n) is 2.83. The van der Waals surface area contributed by atoms with Gasteiger partial charge in [-0.25, -0.2) is 0 Å². The number of benzene rings is 1. The van der Waals surface area contributed by atoms with Gasteiger partial charge in [-0.2, -0.15) is 0 Å². The molecule has 1 aliphatic heterocycles. The average Bonchev–Trinajstić information content (AvgIpc) is 2.21. The molecular formula is C11H11N+. The highest BCUT2D eigenvalue weighted by molar-refractivity contribution is 6.00. The third-order valence-corrected chi connectivity index (χ3v) is 1.97. The zero-order valence-electron chi connectivity index (χ0n) is 6.90. The van der Waals surface area contributed by atoms with Crippen LogP contribution in [0.4, 0.5) is 0 Å². The molecule has 0 N–H and O–H groups in total. The Labute approximate surface area is 72.5 Å². The van der Waals surface area contributed by atoms with Gasteiger partial charge in [-0.15, -0.1) is 0 Å². The average molecular weight is 157 g/mol. The van der Waals surface area contributed by atoms with Gasteiger partial charge >= 0.3 is 0 Å². The summed E-state index contributed by atoms with van der Waals surface area (Å²) >= 11 is 0. The maximum absolute atomic E-state index is 4.43. The predicted octanol–water partition coefficient (Wildman–Crippen LogP) is 1.77. The zero-order valence-corrected chi connectivity index (χ0v) is 6.90. The number of allylic oxidation sites excluding steroid dienone is 1. The van der Waals surface area contributed by atoms with Crippen molar-refractivity contribution in [1.29, 1.82) is 0 Å². The number of rotatable bonds is 1. The van der Waals surface area contributed by atoms with Gasteiger partial charge in [0.15, 0.2) is 0 Å². The number of dihydropyridines is 1. The van der Waals surface area contributed by atoms with Gasteiger partial charge in [0.1, 0.15) is 0 Å². The Hall–Kier alpha value is -1.37. The summed E-state index contributed by atoms with van der Waals surface area (Å²) in [6.07, 6.45) is 5.26. The fourth-order valence-corrected chi connectivity index (χ4v) is 1.34. The van der Waals surface area contributed by atoms with Crippen molar-refractivity contribution in [2.75, 3.05) is 6.54 Å². The number of hydrogen-bond donors (Lipinski definition) is 0. The van der Waals surface area contributed by atoms with Crippen LogP contribution in [-0.2, 0) is 0 Å². The smallest absolute Gasteiger partial charge is 0.0714 e. The molecule has 0 bridgehead atoms. The van der Waals surface area contributed by atoms with Crippen LogP contribution in [0.5, 0.6) is 0 Å². The maximum Gasteiger partial charge on any atom is 0.257 e. The van der Waals surface area contributed by atoms with Crippen molar-refractivity contribution in [2.24, 2.45) is 0 Å². The van der Waals surface area contributed by atoms with Crippen LogP contribution in [0, 0.1) is 0 Å². The molecule has 1 radical (unpaired) electrons. The summed E-state index contributed by atoms with van der Waals surface area (Å²) in [5.41, 5.74) is 2.46. The molecule has 1 nitrogen and oxygen atoms in total. The fraction of sp³-hybridized carbons (Fsp3) is 0.182. The highest BCUT2D eigenvalue weighted by Crippen LogP contribution is 2.04. The molecule has 0 saturated carbocycles. The number of hydrogen-bond acceptors (Lipinski definition) is 1. The van der Waals surface area contributed by atoms with Gasteiger partial charge in [-0.1, -0.05) is 24.3 Å². The number of aliphatic imine (C=N–C) groups is 1. The standard InChI is InChI=1S/C11H11N/c1-2-6-10(7-3-1)11-8-4-5-9-12-11/h1-7H,8-9H2/q+1. The normalized spacial score (nSPS) is 15.8. The molecule has 1 aromatic carbocycles. The fourth-order valence-electron chi connectivity index (χ4n) is 1.34. The van der Waals surface area contributed by atoms with E-state index in [2.05, 4.69) is 41.4 Å². The van der Waals surface area contributed by atoms with E-state index < -0.39 is 0 Å². The molecule has 59 valence electrons. The lowest BCUT2D eigenvalue weighted by molar-refractivity contribution is 1.05. The molecule has 1 aliphatic rings. The second-order valence-corrected chi connectivity index (χ2v) is 2.83. The Balaban J connectivity index is 2.26. The Kier molecular flexibility index (Phi) is 2.04. The van der Waals surface area contributed by atoms with Gasteiger partial charge in [0.05, 0.1) is 6.42 Å². The van der Waals surface area contributed by atoms with E-state index >= 15 is 0 Å². The summed E-state index contributed by atoms with van der Waals surface area (Å²) in [7, 11) is 0. The Morgan fingerprint density at radius 2 is 1.83 bits per heavy atom. The molecule has 1 aromatic rings. The minimum absolute atomic E-state index is 0.838. The molecule has 0 amide bonds. The molecule has 0 fully saturated rings. The molecule has 0 spiro atoms. The first-order valence-corrected chi connectivity index (χ1v) is 4.20. The molecule has 0 aliphatic carbocycles. The summed E-state index contributed by atoms with van der Waals surface area (Å²) in [6, 6.07) is 10.4. The molecule has 12 heavy (non-hydrogen) atoms. The maximum atomic E-state index is 4.43. The van der Waals surface area contributed by atoms with Crippen LogP contribution < -0.4 is 4.99 Å².